The molecule has 6 heteroatoms. The van der Waals surface area contributed by atoms with E-state index < -0.39 is 10.0 Å². The molecule has 116 valence electrons. The first-order chi connectivity index (χ1) is 9.55. The molecule has 1 aromatic heterocycles. The van der Waals surface area contributed by atoms with E-state index in [-0.39, 0.29) is 0 Å². The number of nitrogens with one attached hydrogen (secondary N) is 2. The highest BCUT2D eigenvalue weighted by Gasteiger charge is 2.20. The minimum atomic E-state index is -3.38. The summed E-state index contributed by atoms with van der Waals surface area (Å²) in [5.74, 6) is 0.427. The van der Waals surface area contributed by atoms with Crippen molar-refractivity contribution in [2.45, 2.75) is 51.0 Å². The molecule has 0 radical (unpaired) electrons. The van der Waals surface area contributed by atoms with Crippen LogP contribution in [0.3, 0.4) is 0 Å². The summed E-state index contributed by atoms with van der Waals surface area (Å²) >= 11 is 1.47. The summed E-state index contributed by atoms with van der Waals surface area (Å²) in [6, 6.07) is 1.69. The van der Waals surface area contributed by atoms with Crippen molar-refractivity contribution in [3.63, 3.8) is 0 Å². The summed E-state index contributed by atoms with van der Waals surface area (Å²) in [5.41, 5.74) is 0. The van der Waals surface area contributed by atoms with Gasteiger partial charge in [-0.1, -0.05) is 33.1 Å². The lowest BCUT2D eigenvalue weighted by Gasteiger charge is -2.15. The summed E-state index contributed by atoms with van der Waals surface area (Å²) < 4.78 is 27.5. The van der Waals surface area contributed by atoms with Crippen molar-refractivity contribution in [2.75, 3.05) is 13.6 Å². The van der Waals surface area contributed by atoms with Gasteiger partial charge in [0.2, 0.25) is 10.0 Å². The summed E-state index contributed by atoms with van der Waals surface area (Å²) in [7, 11) is -1.56. The zero-order valence-corrected chi connectivity index (χ0v) is 14.2. The molecule has 0 aliphatic carbocycles. The van der Waals surface area contributed by atoms with Gasteiger partial charge in [-0.15, -0.1) is 11.3 Å². The Morgan fingerprint density at radius 3 is 2.70 bits per heavy atom. The lowest BCUT2D eigenvalue weighted by atomic mass is 10.00. The Bertz CT molecular complexity index is 483. The van der Waals surface area contributed by atoms with Gasteiger partial charge >= 0.3 is 0 Å². The second kappa shape index (κ2) is 8.77. The molecule has 0 fully saturated rings. The van der Waals surface area contributed by atoms with Crippen LogP contribution in [0.4, 0.5) is 0 Å². The van der Waals surface area contributed by atoms with Crippen LogP contribution in [0.1, 0.15) is 44.4 Å². The normalized spacial score (nSPS) is 13.6. The molecule has 0 aliphatic heterocycles. The van der Waals surface area contributed by atoms with E-state index in [4.69, 9.17) is 0 Å². The molecule has 0 aromatic carbocycles. The van der Waals surface area contributed by atoms with Crippen molar-refractivity contribution >= 4 is 21.4 Å². The van der Waals surface area contributed by atoms with Gasteiger partial charge in [-0.2, -0.15) is 0 Å². The summed E-state index contributed by atoms with van der Waals surface area (Å²) in [4.78, 5) is 1.28. The number of sulfonamides is 1. The summed E-state index contributed by atoms with van der Waals surface area (Å²) in [6.07, 6.45) is 4.40. The first-order valence-corrected chi connectivity index (χ1v) is 9.62. The Balaban J connectivity index is 2.67. The number of rotatable bonds is 10. The Kier molecular flexibility index (Phi) is 7.72. The summed E-state index contributed by atoms with van der Waals surface area (Å²) in [5, 5.41) is 4.83. The second-order valence-corrected chi connectivity index (χ2v) is 7.74. The molecule has 1 heterocycles. The Labute approximate surface area is 127 Å². The monoisotopic (exact) mass is 318 g/mol. The van der Waals surface area contributed by atoms with E-state index in [1.807, 2.05) is 12.4 Å². The van der Waals surface area contributed by atoms with Gasteiger partial charge in [0, 0.05) is 18.0 Å². The fraction of sp³-hybridized carbons (Fsp3) is 0.714. The zero-order valence-electron chi connectivity index (χ0n) is 12.6. The van der Waals surface area contributed by atoms with Crippen LogP contribution in [0.2, 0.25) is 0 Å². The van der Waals surface area contributed by atoms with Crippen molar-refractivity contribution in [3.8, 4) is 0 Å². The van der Waals surface area contributed by atoms with Crippen molar-refractivity contribution in [1.82, 2.24) is 10.0 Å². The molecule has 0 spiro atoms. The van der Waals surface area contributed by atoms with Crippen LogP contribution in [0.5, 0.6) is 0 Å². The molecule has 0 bridgehead atoms. The smallest absolute Gasteiger partial charge is 0.241 e. The standard InChI is InChI=1S/C14H26N2O2S2/c1-4-6-7-12(5-2)10-16-20(17,18)14-8-9-19-13(14)11-15-3/h8-9,12,15-16H,4-7,10-11H2,1-3H3. The van der Waals surface area contributed by atoms with Crippen LogP contribution in [-0.4, -0.2) is 22.0 Å². The largest absolute Gasteiger partial charge is 0.315 e. The highest BCUT2D eigenvalue weighted by Crippen LogP contribution is 2.22. The zero-order chi connectivity index (χ0) is 15.0. The van der Waals surface area contributed by atoms with Gasteiger partial charge in [0.15, 0.2) is 0 Å². The molecular weight excluding hydrogens is 292 g/mol. The molecular formula is C14H26N2O2S2. The lowest BCUT2D eigenvalue weighted by molar-refractivity contribution is 0.443. The van der Waals surface area contributed by atoms with Crippen LogP contribution in [0.25, 0.3) is 0 Å². The third kappa shape index (κ3) is 5.16. The van der Waals surface area contributed by atoms with Crippen LogP contribution < -0.4 is 10.0 Å². The molecule has 1 unspecified atom stereocenters. The summed E-state index contributed by atoms with van der Waals surface area (Å²) in [6.45, 7) is 5.40. The molecule has 1 atom stereocenters. The van der Waals surface area contributed by atoms with E-state index in [0.29, 0.717) is 23.9 Å². The van der Waals surface area contributed by atoms with E-state index in [1.165, 1.54) is 11.3 Å². The quantitative estimate of drug-likeness (QED) is 0.697. The third-order valence-corrected chi connectivity index (χ3v) is 6.00. The second-order valence-electron chi connectivity index (χ2n) is 5.01. The third-order valence-electron chi connectivity index (χ3n) is 3.44. The number of thiophene rings is 1. The van der Waals surface area contributed by atoms with Crippen molar-refractivity contribution in [2.24, 2.45) is 5.92 Å². The van der Waals surface area contributed by atoms with E-state index in [2.05, 4.69) is 23.9 Å². The molecule has 1 rings (SSSR count). The molecule has 1 aromatic rings. The van der Waals surface area contributed by atoms with E-state index in [9.17, 15) is 8.42 Å². The van der Waals surface area contributed by atoms with Gasteiger partial charge in [0.05, 0.1) is 4.90 Å². The molecule has 0 amide bonds. The predicted molar refractivity (Wildman–Crippen MR) is 85.6 cm³/mol. The van der Waals surface area contributed by atoms with Crippen molar-refractivity contribution < 1.29 is 8.42 Å². The first kappa shape index (κ1) is 17.6. The maximum atomic E-state index is 12.4. The fourth-order valence-corrected chi connectivity index (χ4v) is 4.68. The minimum Gasteiger partial charge on any atom is -0.315 e. The average Bonchev–Trinajstić information content (AvgIpc) is 2.88. The Hall–Kier alpha value is -0.430. The Morgan fingerprint density at radius 1 is 1.35 bits per heavy atom. The molecule has 4 nitrogen and oxygen atoms in total. The van der Waals surface area contributed by atoms with Gasteiger partial charge in [0.1, 0.15) is 0 Å². The van der Waals surface area contributed by atoms with Crippen LogP contribution in [-0.2, 0) is 16.6 Å². The van der Waals surface area contributed by atoms with Crippen molar-refractivity contribution in [3.05, 3.63) is 16.3 Å². The topological polar surface area (TPSA) is 58.2 Å². The van der Waals surface area contributed by atoms with Crippen LogP contribution in [0.15, 0.2) is 16.3 Å². The SMILES string of the molecule is CCCCC(CC)CNS(=O)(=O)c1ccsc1CNC. The van der Waals surface area contributed by atoms with E-state index in [0.717, 1.165) is 30.6 Å². The van der Waals surface area contributed by atoms with Gasteiger partial charge in [0.25, 0.3) is 0 Å². The highest BCUT2D eigenvalue weighted by atomic mass is 32.2. The minimum absolute atomic E-state index is 0.419. The van der Waals surface area contributed by atoms with Gasteiger partial charge in [-0.25, -0.2) is 13.1 Å². The average molecular weight is 319 g/mol. The number of hydrogen-bond acceptors (Lipinski definition) is 4. The molecule has 20 heavy (non-hydrogen) atoms. The number of hydrogen-bond donors (Lipinski definition) is 2. The lowest BCUT2D eigenvalue weighted by Crippen LogP contribution is -2.29. The molecule has 0 aliphatic rings. The molecule has 2 N–H and O–H groups in total. The predicted octanol–water partition coefficient (Wildman–Crippen LogP) is 2.96. The van der Waals surface area contributed by atoms with Gasteiger partial charge in [-0.3, -0.25) is 0 Å². The van der Waals surface area contributed by atoms with Gasteiger partial charge in [-0.05, 0) is 30.8 Å². The van der Waals surface area contributed by atoms with Gasteiger partial charge < -0.3 is 5.32 Å². The highest BCUT2D eigenvalue weighted by molar-refractivity contribution is 7.89. The first-order valence-electron chi connectivity index (χ1n) is 7.25. The maximum absolute atomic E-state index is 12.4. The fourth-order valence-electron chi connectivity index (χ4n) is 2.11. The van der Waals surface area contributed by atoms with Crippen molar-refractivity contribution in [1.29, 1.82) is 0 Å². The molecule has 0 saturated heterocycles. The number of unbranched alkanes of at least 4 members (excludes halogenated alkanes) is 1. The van der Waals surface area contributed by atoms with E-state index in [1.54, 1.807) is 6.07 Å². The maximum Gasteiger partial charge on any atom is 0.241 e. The Morgan fingerprint density at radius 2 is 2.10 bits per heavy atom. The van der Waals surface area contributed by atoms with Crippen LogP contribution >= 0.6 is 11.3 Å². The van der Waals surface area contributed by atoms with Crippen LogP contribution in [0, 0.1) is 5.92 Å². The molecule has 0 saturated carbocycles. The van der Waals surface area contributed by atoms with E-state index >= 15 is 0 Å².